The average Bonchev–Trinajstić information content (AvgIpc) is 1.91. The molecule has 1 nitrogen and oxygen atoms in total. The number of hydrogen-bond acceptors (Lipinski definition) is 2. The second-order valence-corrected chi connectivity index (χ2v) is 3.89. The van der Waals surface area contributed by atoms with Gasteiger partial charge in [0.15, 0.2) is 0 Å². The van der Waals surface area contributed by atoms with Crippen LogP contribution in [0.4, 0.5) is 0 Å². The van der Waals surface area contributed by atoms with E-state index >= 15 is 0 Å². The van der Waals surface area contributed by atoms with Crippen LogP contribution in [0.2, 0.25) is 0 Å². The van der Waals surface area contributed by atoms with Crippen molar-refractivity contribution >= 4 is 11.9 Å². The Hall–Kier alpha value is 0.310. The van der Waals surface area contributed by atoms with E-state index in [1.807, 2.05) is 19.0 Å². The maximum Gasteiger partial charge on any atom is 0.0192 e. The molecule has 0 atom stereocenters. The summed E-state index contributed by atoms with van der Waals surface area (Å²) in [5.74, 6) is 0. The lowest BCUT2D eigenvalue weighted by atomic mass is 10.0. The molecule has 0 aromatic rings. The van der Waals surface area contributed by atoms with E-state index in [0.717, 1.165) is 5.25 Å². The summed E-state index contributed by atoms with van der Waals surface area (Å²) in [7, 11) is 2.01. The van der Waals surface area contributed by atoms with Gasteiger partial charge in [-0.05, 0) is 19.9 Å². The van der Waals surface area contributed by atoms with E-state index in [1.165, 1.54) is 32.1 Å². The first-order valence-electron chi connectivity index (χ1n) is 3.76. The Morgan fingerprint density at radius 2 is 1.89 bits per heavy atom. The van der Waals surface area contributed by atoms with E-state index in [-0.39, 0.29) is 0 Å². The van der Waals surface area contributed by atoms with Crippen molar-refractivity contribution in [1.29, 1.82) is 0 Å². The van der Waals surface area contributed by atoms with Crippen molar-refractivity contribution in [3.63, 3.8) is 0 Å². The van der Waals surface area contributed by atoms with E-state index in [4.69, 9.17) is 0 Å². The summed E-state index contributed by atoms with van der Waals surface area (Å²) in [6.45, 7) is 0. The van der Waals surface area contributed by atoms with Crippen LogP contribution in [0.3, 0.4) is 0 Å². The zero-order valence-electron chi connectivity index (χ0n) is 6.02. The molecular weight excluding hydrogens is 130 g/mol. The molecule has 1 rings (SSSR count). The summed E-state index contributed by atoms with van der Waals surface area (Å²) in [5.41, 5.74) is 0. The minimum absolute atomic E-state index is 0.906. The second-order valence-electron chi connectivity index (χ2n) is 2.58. The number of rotatable bonds is 2. The molecule has 54 valence electrons. The van der Waals surface area contributed by atoms with Crippen molar-refractivity contribution in [2.45, 2.75) is 37.4 Å². The fourth-order valence-electron chi connectivity index (χ4n) is 1.35. The molecule has 0 saturated heterocycles. The molecule has 1 fully saturated rings. The molecule has 9 heavy (non-hydrogen) atoms. The highest BCUT2D eigenvalue weighted by atomic mass is 32.2. The molecule has 0 aromatic heterocycles. The predicted octanol–water partition coefficient (Wildman–Crippen LogP) is 2.19. The highest BCUT2D eigenvalue weighted by Crippen LogP contribution is 2.25. The first kappa shape index (κ1) is 7.42. The van der Waals surface area contributed by atoms with Gasteiger partial charge in [-0.15, -0.1) is 0 Å². The third-order valence-electron chi connectivity index (χ3n) is 1.84. The summed E-state index contributed by atoms with van der Waals surface area (Å²) in [5, 5.41) is 0.906. The first-order valence-corrected chi connectivity index (χ1v) is 4.64. The third kappa shape index (κ3) is 2.59. The minimum atomic E-state index is 0.906. The summed E-state index contributed by atoms with van der Waals surface area (Å²) >= 11 is 1.90. The molecule has 0 bridgehead atoms. The zero-order valence-corrected chi connectivity index (χ0v) is 6.84. The minimum Gasteiger partial charge on any atom is -0.267 e. The van der Waals surface area contributed by atoms with E-state index in [9.17, 15) is 0 Å². The topological polar surface area (TPSA) is 12.0 Å². The van der Waals surface area contributed by atoms with Crippen LogP contribution >= 0.6 is 11.9 Å². The molecule has 1 aliphatic rings. The van der Waals surface area contributed by atoms with Gasteiger partial charge in [0.1, 0.15) is 0 Å². The smallest absolute Gasteiger partial charge is 0.0192 e. The Balaban J connectivity index is 2.08. The van der Waals surface area contributed by atoms with Crippen LogP contribution < -0.4 is 4.72 Å². The monoisotopic (exact) mass is 145 g/mol. The van der Waals surface area contributed by atoms with Crippen LogP contribution in [-0.2, 0) is 0 Å². The molecule has 0 aromatic carbocycles. The van der Waals surface area contributed by atoms with E-state index in [0.29, 0.717) is 0 Å². The molecule has 0 spiro atoms. The van der Waals surface area contributed by atoms with Crippen molar-refractivity contribution in [2.75, 3.05) is 7.05 Å². The standard InChI is InChI=1S/C7H15NS/c1-8-9-7-5-3-2-4-6-7/h7-8H,2-6H2,1H3. The lowest BCUT2D eigenvalue weighted by Gasteiger charge is -2.19. The number of hydrogen-bond donors (Lipinski definition) is 1. The van der Waals surface area contributed by atoms with Gasteiger partial charge in [0.05, 0.1) is 0 Å². The Kier molecular flexibility index (Phi) is 3.44. The summed E-state index contributed by atoms with van der Waals surface area (Å²) in [6, 6.07) is 0. The lowest BCUT2D eigenvalue weighted by molar-refractivity contribution is 0.515. The van der Waals surface area contributed by atoms with Gasteiger partial charge in [-0.2, -0.15) is 0 Å². The first-order chi connectivity index (χ1) is 4.43. The third-order valence-corrected chi connectivity index (χ3v) is 2.88. The van der Waals surface area contributed by atoms with Crippen LogP contribution in [0.15, 0.2) is 0 Å². The number of nitrogens with one attached hydrogen (secondary N) is 1. The Morgan fingerprint density at radius 1 is 1.22 bits per heavy atom. The average molecular weight is 145 g/mol. The van der Waals surface area contributed by atoms with Crippen LogP contribution in [0.25, 0.3) is 0 Å². The van der Waals surface area contributed by atoms with Crippen LogP contribution in [0.1, 0.15) is 32.1 Å². The van der Waals surface area contributed by atoms with E-state index in [1.54, 1.807) is 0 Å². The fourth-order valence-corrected chi connectivity index (χ4v) is 2.25. The molecule has 1 aliphatic carbocycles. The van der Waals surface area contributed by atoms with Crippen LogP contribution in [-0.4, -0.2) is 12.3 Å². The molecule has 0 aliphatic heterocycles. The Morgan fingerprint density at radius 3 is 2.44 bits per heavy atom. The quantitative estimate of drug-likeness (QED) is 0.598. The van der Waals surface area contributed by atoms with Crippen molar-refractivity contribution in [1.82, 2.24) is 4.72 Å². The van der Waals surface area contributed by atoms with Gasteiger partial charge < -0.3 is 0 Å². The van der Waals surface area contributed by atoms with Gasteiger partial charge in [0.25, 0.3) is 0 Å². The highest BCUT2D eigenvalue weighted by molar-refractivity contribution is 7.98. The molecular formula is C7H15NS. The van der Waals surface area contributed by atoms with Crippen molar-refractivity contribution in [2.24, 2.45) is 0 Å². The fraction of sp³-hybridized carbons (Fsp3) is 1.00. The predicted molar refractivity (Wildman–Crippen MR) is 43.5 cm³/mol. The molecule has 0 heterocycles. The second kappa shape index (κ2) is 4.18. The molecule has 1 N–H and O–H groups in total. The normalized spacial score (nSPS) is 22.3. The molecule has 2 heteroatoms. The molecule has 1 saturated carbocycles. The zero-order chi connectivity index (χ0) is 6.53. The molecule has 0 radical (unpaired) electrons. The van der Waals surface area contributed by atoms with Gasteiger partial charge in [-0.25, -0.2) is 0 Å². The molecule has 0 amide bonds. The van der Waals surface area contributed by atoms with E-state index in [2.05, 4.69) is 4.72 Å². The SMILES string of the molecule is CNSC1CCCCC1. The van der Waals surface area contributed by atoms with Gasteiger partial charge in [-0.3, -0.25) is 4.72 Å². The molecule has 0 unspecified atom stereocenters. The van der Waals surface area contributed by atoms with Crippen LogP contribution in [0, 0.1) is 0 Å². The maximum atomic E-state index is 3.15. The highest BCUT2D eigenvalue weighted by Gasteiger charge is 2.11. The largest absolute Gasteiger partial charge is 0.267 e. The summed E-state index contributed by atoms with van der Waals surface area (Å²) < 4.78 is 3.15. The lowest BCUT2D eigenvalue weighted by Crippen LogP contribution is -2.12. The summed E-state index contributed by atoms with van der Waals surface area (Å²) in [6.07, 6.45) is 7.19. The van der Waals surface area contributed by atoms with Gasteiger partial charge >= 0.3 is 0 Å². The van der Waals surface area contributed by atoms with Crippen molar-refractivity contribution in [3.05, 3.63) is 0 Å². The Labute approximate surface area is 61.7 Å². The van der Waals surface area contributed by atoms with Crippen molar-refractivity contribution < 1.29 is 0 Å². The Bertz CT molecular complexity index is 66.6. The van der Waals surface area contributed by atoms with Gasteiger partial charge in [0.2, 0.25) is 0 Å². The summed E-state index contributed by atoms with van der Waals surface area (Å²) in [4.78, 5) is 0. The maximum absolute atomic E-state index is 3.15. The van der Waals surface area contributed by atoms with Gasteiger partial charge in [0, 0.05) is 5.25 Å². The van der Waals surface area contributed by atoms with Crippen LogP contribution in [0.5, 0.6) is 0 Å². The van der Waals surface area contributed by atoms with Crippen molar-refractivity contribution in [3.8, 4) is 0 Å². The van der Waals surface area contributed by atoms with E-state index < -0.39 is 0 Å². The van der Waals surface area contributed by atoms with Gasteiger partial charge in [-0.1, -0.05) is 31.2 Å².